The van der Waals surface area contributed by atoms with Gasteiger partial charge < -0.3 is 0 Å². The molecule has 0 aromatic heterocycles. The Morgan fingerprint density at radius 2 is 1.75 bits per heavy atom. The number of quaternary nitrogens is 1. The number of nitrogens with two attached hydrogens (primary N) is 1. The van der Waals surface area contributed by atoms with E-state index in [1.165, 1.54) is 12.1 Å². The lowest BCUT2D eigenvalue weighted by Gasteiger charge is -1.98. The molecule has 0 aliphatic carbocycles. The highest BCUT2D eigenvalue weighted by molar-refractivity contribution is 7.89. The van der Waals surface area contributed by atoms with Gasteiger partial charge in [0.1, 0.15) is 0 Å². The van der Waals surface area contributed by atoms with Gasteiger partial charge in [-0.3, -0.25) is 5.84 Å². The lowest BCUT2D eigenvalue weighted by Crippen LogP contribution is -2.56. The second-order valence-electron chi connectivity index (χ2n) is 2.25. The van der Waals surface area contributed by atoms with Crippen molar-refractivity contribution in [2.75, 3.05) is 5.43 Å². The minimum atomic E-state index is -3.58. The molecule has 66 valence electrons. The van der Waals surface area contributed by atoms with E-state index in [0.717, 1.165) is 5.69 Å². The quantitative estimate of drug-likeness (QED) is 0.514. The van der Waals surface area contributed by atoms with Crippen molar-refractivity contribution >= 4 is 15.7 Å². The molecule has 0 spiro atoms. The summed E-state index contributed by atoms with van der Waals surface area (Å²) in [5.41, 5.74) is 3.36. The van der Waals surface area contributed by atoms with Gasteiger partial charge in [-0.15, -0.1) is 0 Å². The fraction of sp³-hybridized carbons (Fsp3) is 0. The van der Waals surface area contributed by atoms with Crippen molar-refractivity contribution < 1.29 is 14.3 Å². The summed E-state index contributed by atoms with van der Waals surface area (Å²) in [7, 11) is -3.58. The molecule has 0 aliphatic rings. The van der Waals surface area contributed by atoms with Gasteiger partial charge in [0.05, 0.1) is 10.6 Å². The Labute approximate surface area is 70.4 Å². The first-order valence-electron chi connectivity index (χ1n) is 3.20. The summed E-state index contributed by atoms with van der Waals surface area (Å²) < 4.78 is 21.5. The normalized spacial score (nSPS) is 11.2. The van der Waals surface area contributed by atoms with Crippen molar-refractivity contribution in [3.05, 3.63) is 24.3 Å². The number of nitrogens with one attached hydrogen (secondary N) is 1. The Hall–Kier alpha value is -1.11. The standard InChI is InChI=1S/C6H9N3O2S/c7-9-5-1-3-6(4-2-5)12(8,10)11/h1-4,9H,7H2,(H2,8,10,11)/p+1. The molecule has 1 aromatic rings. The molecule has 5 nitrogen and oxygen atoms in total. The van der Waals surface area contributed by atoms with Crippen molar-refractivity contribution in [2.24, 2.45) is 5.14 Å². The van der Waals surface area contributed by atoms with Gasteiger partial charge in [0.25, 0.3) is 0 Å². The van der Waals surface area contributed by atoms with E-state index < -0.39 is 10.0 Å². The van der Waals surface area contributed by atoms with Gasteiger partial charge >= 0.3 is 0 Å². The predicted molar refractivity (Wildman–Crippen MR) is 44.3 cm³/mol. The van der Waals surface area contributed by atoms with Crippen LogP contribution in [-0.2, 0) is 10.0 Å². The summed E-state index contributed by atoms with van der Waals surface area (Å²) in [5.74, 6) is 3.42. The molecule has 12 heavy (non-hydrogen) atoms. The Bertz CT molecular complexity index is 357. The highest BCUT2D eigenvalue weighted by Gasteiger charge is 2.05. The Morgan fingerprint density at radius 3 is 2.08 bits per heavy atom. The van der Waals surface area contributed by atoms with Crippen molar-refractivity contribution in [2.45, 2.75) is 4.90 Å². The summed E-state index contributed by atoms with van der Waals surface area (Å²) in [4.78, 5) is 0.0986. The zero-order valence-corrected chi connectivity index (χ0v) is 7.14. The molecule has 0 fully saturated rings. The molecule has 6 N–H and O–H groups in total. The van der Waals surface area contributed by atoms with Crippen LogP contribution < -0.4 is 16.4 Å². The van der Waals surface area contributed by atoms with E-state index >= 15 is 0 Å². The molecule has 0 radical (unpaired) electrons. The second kappa shape index (κ2) is 3.10. The van der Waals surface area contributed by atoms with Crippen LogP contribution in [0.3, 0.4) is 0 Å². The smallest absolute Gasteiger partial charge is 0.238 e. The van der Waals surface area contributed by atoms with Crippen molar-refractivity contribution in [3.63, 3.8) is 0 Å². The molecule has 0 amide bonds. The zero-order valence-electron chi connectivity index (χ0n) is 6.32. The Kier molecular flexibility index (Phi) is 2.32. The molecule has 0 atom stereocenters. The van der Waals surface area contributed by atoms with Gasteiger partial charge in [-0.2, -0.15) is 0 Å². The lowest BCUT2D eigenvalue weighted by molar-refractivity contribution is -0.325. The summed E-state index contributed by atoms with van der Waals surface area (Å²) in [6.07, 6.45) is 0. The first-order valence-corrected chi connectivity index (χ1v) is 4.74. The SMILES string of the molecule is NS(=O)(=O)c1ccc(N[NH3+])cc1. The average molecular weight is 188 g/mol. The number of sulfonamides is 1. The molecule has 0 bridgehead atoms. The van der Waals surface area contributed by atoms with Gasteiger partial charge in [-0.05, 0) is 24.3 Å². The van der Waals surface area contributed by atoms with Crippen LogP contribution in [-0.4, -0.2) is 8.42 Å². The fourth-order valence-corrected chi connectivity index (χ4v) is 1.28. The molecular weight excluding hydrogens is 178 g/mol. The third-order valence-corrected chi connectivity index (χ3v) is 2.32. The molecule has 0 aliphatic heterocycles. The van der Waals surface area contributed by atoms with Crippen LogP contribution >= 0.6 is 0 Å². The van der Waals surface area contributed by atoms with E-state index in [1.807, 2.05) is 0 Å². The summed E-state index contributed by atoms with van der Waals surface area (Å²) in [5, 5.41) is 4.88. The van der Waals surface area contributed by atoms with E-state index in [2.05, 4.69) is 11.3 Å². The van der Waals surface area contributed by atoms with Crippen LogP contribution in [0.5, 0.6) is 0 Å². The zero-order chi connectivity index (χ0) is 9.19. The van der Waals surface area contributed by atoms with Crippen LogP contribution in [0.25, 0.3) is 0 Å². The van der Waals surface area contributed by atoms with Crippen LogP contribution in [0.15, 0.2) is 29.2 Å². The topological polar surface area (TPSA) is 99.8 Å². The van der Waals surface area contributed by atoms with Gasteiger partial charge in [0.15, 0.2) is 0 Å². The highest BCUT2D eigenvalue weighted by atomic mass is 32.2. The summed E-state index contributed by atoms with van der Waals surface area (Å²) in [6, 6.07) is 6.02. The Morgan fingerprint density at radius 1 is 1.25 bits per heavy atom. The monoisotopic (exact) mass is 188 g/mol. The molecule has 0 saturated heterocycles. The number of hydrogen-bond donors (Lipinski definition) is 3. The van der Waals surface area contributed by atoms with E-state index in [1.54, 1.807) is 12.1 Å². The van der Waals surface area contributed by atoms with Crippen molar-refractivity contribution in [1.29, 1.82) is 0 Å². The number of benzene rings is 1. The largest absolute Gasteiger partial charge is 0.258 e. The van der Waals surface area contributed by atoms with E-state index in [0.29, 0.717) is 0 Å². The molecular formula is C6H10N3O2S+. The summed E-state index contributed by atoms with van der Waals surface area (Å²) >= 11 is 0. The third-order valence-electron chi connectivity index (χ3n) is 1.39. The molecule has 0 heterocycles. The first-order chi connectivity index (χ1) is 5.54. The molecule has 0 unspecified atom stereocenters. The molecule has 6 heteroatoms. The van der Waals surface area contributed by atoms with Crippen molar-refractivity contribution in [3.8, 4) is 0 Å². The maximum Gasteiger partial charge on any atom is 0.238 e. The number of primary sulfonamides is 1. The average Bonchev–Trinajstić information content (AvgIpc) is 2.03. The molecule has 1 aromatic carbocycles. The minimum absolute atomic E-state index is 0.0986. The van der Waals surface area contributed by atoms with Crippen LogP contribution in [0.1, 0.15) is 0 Å². The third kappa shape index (κ3) is 1.94. The maximum absolute atomic E-state index is 10.8. The number of hydrogen-bond acceptors (Lipinski definition) is 3. The van der Waals surface area contributed by atoms with Crippen LogP contribution in [0, 0.1) is 0 Å². The molecule has 1 rings (SSSR count). The maximum atomic E-state index is 10.8. The first kappa shape index (κ1) is 8.98. The van der Waals surface area contributed by atoms with Gasteiger partial charge in [-0.25, -0.2) is 19.0 Å². The van der Waals surface area contributed by atoms with E-state index in [4.69, 9.17) is 5.14 Å². The lowest BCUT2D eigenvalue weighted by atomic mass is 10.3. The van der Waals surface area contributed by atoms with E-state index in [9.17, 15) is 8.42 Å². The van der Waals surface area contributed by atoms with Gasteiger partial charge in [0.2, 0.25) is 10.0 Å². The van der Waals surface area contributed by atoms with Crippen LogP contribution in [0.4, 0.5) is 5.69 Å². The van der Waals surface area contributed by atoms with Gasteiger partial charge in [-0.1, -0.05) is 0 Å². The number of rotatable bonds is 2. The fourth-order valence-electron chi connectivity index (χ4n) is 0.762. The number of anilines is 1. The second-order valence-corrected chi connectivity index (χ2v) is 3.81. The molecule has 0 saturated carbocycles. The van der Waals surface area contributed by atoms with Crippen molar-refractivity contribution in [1.82, 2.24) is 0 Å². The van der Waals surface area contributed by atoms with Gasteiger partial charge in [0, 0.05) is 0 Å². The minimum Gasteiger partial charge on any atom is -0.258 e. The highest BCUT2D eigenvalue weighted by Crippen LogP contribution is 2.10. The van der Waals surface area contributed by atoms with E-state index in [-0.39, 0.29) is 4.90 Å². The Balaban J connectivity index is 3.09. The predicted octanol–water partition coefficient (Wildman–Crippen LogP) is -1.10. The summed E-state index contributed by atoms with van der Waals surface area (Å²) in [6.45, 7) is 0. The van der Waals surface area contributed by atoms with Crippen LogP contribution in [0.2, 0.25) is 0 Å².